The first-order valence-electron chi connectivity index (χ1n) is 13.4. The Balaban J connectivity index is 1.24. The average molecular weight is 505 g/mol. The van der Waals surface area contributed by atoms with E-state index in [2.05, 4.69) is 26.6 Å². The molecule has 0 bridgehead atoms. The van der Waals surface area contributed by atoms with Crippen LogP contribution in [0.2, 0.25) is 0 Å². The van der Waals surface area contributed by atoms with Gasteiger partial charge in [0.2, 0.25) is 17.8 Å². The summed E-state index contributed by atoms with van der Waals surface area (Å²) in [5.74, 6) is 2.04. The number of carbonyl (C=O) groups excluding carboxylic acids is 1. The number of fused-ring (bicyclic) bond motifs is 1. The van der Waals surface area contributed by atoms with Gasteiger partial charge in [0.1, 0.15) is 11.9 Å². The van der Waals surface area contributed by atoms with E-state index in [0.29, 0.717) is 30.5 Å². The van der Waals surface area contributed by atoms with Gasteiger partial charge in [-0.1, -0.05) is 19.3 Å². The maximum Gasteiger partial charge on any atom is 0.249 e. The third kappa shape index (κ3) is 4.76. The molecule has 0 aromatic carbocycles. The molecule has 3 aliphatic rings. The number of halogens is 1. The van der Waals surface area contributed by atoms with Gasteiger partial charge in [-0.05, 0) is 57.1 Å². The van der Waals surface area contributed by atoms with Gasteiger partial charge >= 0.3 is 0 Å². The normalized spacial score (nSPS) is 19.7. The molecule has 0 radical (unpaired) electrons. The van der Waals surface area contributed by atoms with Crippen molar-refractivity contribution in [3.8, 4) is 0 Å². The molecule has 1 aliphatic heterocycles. The summed E-state index contributed by atoms with van der Waals surface area (Å²) in [4.78, 5) is 30.5. The van der Waals surface area contributed by atoms with Crippen LogP contribution in [0.25, 0.3) is 0 Å². The van der Waals surface area contributed by atoms with E-state index in [-0.39, 0.29) is 11.9 Å². The van der Waals surface area contributed by atoms with E-state index < -0.39 is 5.95 Å². The van der Waals surface area contributed by atoms with Gasteiger partial charge in [-0.25, -0.2) is 9.97 Å². The number of amides is 1. The highest BCUT2D eigenvalue weighted by Crippen LogP contribution is 2.35. The molecule has 1 saturated heterocycles. The van der Waals surface area contributed by atoms with E-state index in [1.807, 2.05) is 4.90 Å². The van der Waals surface area contributed by atoms with Gasteiger partial charge in [-0.3, -0.25) is 9.89 Å². The van der Waals surface area contributed by atoms with E-state index in [4.69, 9.17) is 9.97 Å². The number of aromatic nitrogens is 5. The number of hydrogen-bond donors (Lipinski definition) is 2. The summed E-state index contributed by atoms with van der Waals surface area (Å²) < 4.78 is 13.3. The molecule has 2 fully saturated rings. The minimum absolute atomic E-state index is 0.0751. The van der Waals surface area contributed by atoms with Gasteiger partial charge in [0.15, 0.2) is 5.82 Å². The number of aryl methyl sites for hydroxylation is 1. The molecule has 2 N–H and O–H groups in total. The van der Waals surface area contributed by atoms with Crippen LogP contribution in [0.15, 0.2) is 24.4 Å². The zero-order valence-electron chi connectivity index (χ0n) is 21.2. The molecule has 37 heavy (non-hydrogen) atoms. The Bertz CT molecular complexity index is 1270. The lowest BCUT2D eigenvalue weighted by molar-refractivity contribution is -0.119. The van der Waals surface area contributed by atoms with Crippen molar-refractivity contribution in [2.75, 3.05) is 28.7 Å². The molecule has 2 aliphatic carbocycles. The van der Waals surface area contributed by atoms with Gasteiger partial charge in [0.25, 0.3) is 0 Å². The maximum absolute atomic E-state index is 13.5. The lowest BCUT2D eigenvalue weighted by atomic mass is 9.87. The number of carbonyl (C=O) groups is 1. The Morgan fingerprint density at radius 2 is 1.97 bits per heavy atom. The Morgan fingerprint density at radius 3 is 2.78 bits per heavy atom. The number of pyridine rings is 1. The minimum Gasteiger partial charge on any atom is -0.329 e. The highest BCUT2D eigenvalue weighted by Gasteiger charge is 2.36. The molecule has 3 aromatic heterocycles. The van der Waals surface area contributed by atoms with Crippen molar-refractivity contribution in [1.29, 1.82) is 0 Å². The molecular formula is C27H33FN8O. The molecule has 6 rings (SSSR count). The number of nitrogens with zero attached hydrogens (tertiary/aromatic N) is 6. The van der Waals surface area contributed by atoms with Crippen molar-refractivity contribution in [2.45, 2.75) is 76.2 Å². The van der Waals surface area contributed by atoms with Crippen molar-refractivity contribution < 1.29 is 9.18 Å². The zero-order valence-corrected chi connectivity index (χ0v) is 21.2. The van der Waals surface area contributed by atoms with Crippen LogP contribution in [0.3, 0.4) is 0 Å². The molecule has 9 nitrogen and oxygen atoms in total. The number of anilines is 4. The van der Waals surface area contributed by atoms with Crippen LogP contribution in [0, 0.1) is 5.95 Å². The fourth-order valence-corrected chi connectivity index (χ4v) is 5.98. The standard InChI is InChI=1S/C27H33FN8O/c1-35(18-12-13-23(28)29-16-18)26(37)22-11-6-14-36(22)27-30-20-10-5-9-19(20)25(32-27)31-24-15-21(33-34-24)17-7-3-2-4-8-17/h12-13,15-17,22H,2-11,14H2,1H3,(H2,30,31,32,33,34). The smallest absolute Gasteiger partial charge is 0.249 e. The summed E-state index contributed by atoms with van der Waals surface area (Å²) in [5.41, 5.74) is 3.94. The summed E-state index contributed by atoms with van der Waals surface area (Å²) in [6, 6.07) is 4.57. The van der Waals surface area contributed by atoms with Crippen molar-refractivity contribution in [1.82, 2.24) is 25.1 Å². The summed E-state index contributed by atoms with van der Waals surface area (Å²) >= 11 is 0. The third-order valence-corrected chi connectivity index (χ3v) is 8.03. The van der Waals surface area contributed by atoms with E-state index >= 15 is 0 Å². The molecule has 1 unspecified atom stereocenters. The average Bonchev–Trinajstić information content (AvgIpc) is 3.69. The summed E-state index contributed by atoms with van der Waals surface area (Å²) in [5, 5.41) is 11.2. The monoisotopic (exact) mass is 504 g/mol. The van der Waals surface area contributed by atoms with Crippen molar-refractivity contribution in [2.24, 2.45) is 0 Å². The fraction of sp³-hybridized carbons (Fsp3) is 0.519. The second kappa shape index (κ2) is 10.1. The number of aromatic amines is 1. The van der Waals surface area contributed by atoms with Crippen LogP contribution in [-0.2, 0) is 17.6 Å². The van der Waals surface area contributed by atoms with Crippen molar-refractivity contribution in [3.63, 3.8) is 0 Å². The van der Waals surface area contributed by atoms with Crippen LogP contribution < -0.4 is 15.1 Å². The van der Waals surface area contributed by atoms with Gasteiger partial charge in [0.05, 0.1) is 17.6 Å². The predicted molar refractivity (Wildman–Crippen MR) is 140 cm³/mol. The van der Waals surface area contributed by atoms with Gasteiger partial charge in [0, 0.05) is 36.8 Å². The van der Waals surface area contributed by atoms with Crippen LogP contribution in [-0.4, -0.2) is 50.7 Å². The first kappa shape index (κ1) is 23.8. The lowest BCUT2D eigenvalue weighted by Crippen LogP contribution is -2.45. The predicted octanol–water partition coefficient (Wildman–Crippen LogP) is 4.65. The van der Waals surface area contributed by atoms with Crippen LogP contribution in [0.4, 0.5) is 27.7 Å². The number of H-pyrrole nitrogens is 1. The number of rotatable bonds is 6. The van der Waals surface area contributed by atoms with Crippen LogP contribution >= 0.6 is 0 Å². The van der Waals surface area contributed by atoms with Crippen LogP contribution in [0.1, 0.15) is 74.2 Å². The number of likely N-dealkylation sites (N-methyl/N-ethyl adjacent to an activating group) is 1. The summed E-state index contributed by atoms with van der Waals surface area (Å²) in [6.45, 7) is 0.707. The molecular weight excluding hydrogens is 471 g/mol. The summed E-state index contributed by atoms with van der Waals surface area (Å²) in [7, 11) is 1.70. The third-order valence-electron chi connectivity index (χ3n) is 8.03. The molecule has 0 spiro atoms. The van der Waals surface area contributed by atoms with Gasteiger partial charge in [-0.2, -0.15) is 14.5 Å². The highest BCUT2D eigenvalue weighted by molar-refractivity contribution is 5.98. The Labute approximate surface area is 215 Å². The Morgan fingerprint density at radius 1 is 1.11 bits per heavy atom. The Hall–Kier alpha value is -3.56. The molecule has 3 aromatic rings. The lowest BCUT2D eigenvalue weighted by Gasteiger charge is -2.28. The van der Waals surface area contributed by atoms with Gasteiger partial charge in [-0.15, -0.1) is 0 Å². The molecule has 1 atom stereocenters. The topological polar surface area (TPSA) is 103 Å². The van der Waals surface area contributed by atoms with E-state index in [0.717, 1.165) is 48.6 Å². The second-order valence-corrected chi connectivity index (χ2v) is 10.4. The molecule has 10 heteroatoms. The SMILES string of the molecule is CN(C(=O)C1CCCN1c1nc2c(c(Nc3cc(C4CCCCC4)[nH]n3)n1)CCC2)c1ccc(F)nc1. The fourth-order valence-electron chi connectivity index (χ4n) is 5.98. The largest absolute Gasteiger partial charge is 0.329 e. The summed E-state index contributed by atoms with van der Waals surface area (Å²) in [6.07, 6.45) is 12.1. The second-order valence-electron chi connectivity index (χ2n) is 10.4. The van der Waals surface area contributed by atoms with Crippen molar-refractivity contribution >= 4 is 29.2 Å². The quantitative estimate of drug-likeness (QED) is 0.471. The first-order chi connectivity index (χ1) is 18.1. The van der Waals surface area contributed by atoms with E-state index in [9.17, 15) is 9.18 Å². The van der Waals surface area contributed by atoms with Crippen LogP contribution in [0.5, 0.6) is 0 Å². The number of hydrogen-bond acceptors (Lipinski definition) is 7. The molecule has 1 saturated carbocycles. The first-order valence-corrected chi connectivity index (χ1v) is 13.4. The zero-order chi connectivity index (χ0) is 25.4. The number of nitrogens with one attached hydrogen (secondary N) is 2. The molecule has 4 heterocycles. The highest BCUT2D eigenvalue weighted by atomic mass is 19.1. The van der Waals surface area contributed by atoms with Crippen molar-refractivity contribution in [3.05, 3.63) is 47.3 Å². The van der Waals surface area contributed by atoms with E-state index in [1.54, 1.807) is 18.0 Å². The van der Waals surface area contributed by atoms with E-state index in [1.165, 1.54) is 50.1 Å². The minimum atomic E-state index is -0.568. The van der Waals surface area contributed by atoms with Gasteiger partial charge < -0.3 is 15.1 Å². The maximum atomic E-state index is 13.5. The Kier molecular flexibility index (Phi) is 6.48. The molecule has 194 valence electrons. The molecule has 1 amide bonds.